The Morgan fingerprint density at radius 2 is 1.70 bits per heavy atom. The van der Waals surface area contributed by atoms with Gasteiger partial charge in [0.15, 0.2) is 0 Å². The first kappa shape index (κ1) is 23.6. The molecule has 1 amide bonds. The largest absolute Gasteiger partial charge is 0.478 e. The minimum Gasteiger partial charge on any atom is -0.478 e. The number of hydrogen-bond acceptors (Lipinski definition) is 6. The van der Waals surface area contributed by atoms with E-state index in [-0.39, 0.29) is 23.3 Å². The van der Waals surface area contributed by atoms with Gasteiger partial charge in [0.1, 0.15) is 0 Å². The van der Waals surface area contributed by atoms with Crippen LogP contribution in [0.5, 0.6) is 0 Å². The van der Waals surface area contributed by atoms with E-state index in [1.54, 1.807) is 30.7 Å². The Bertz CT molecular complexity index is 1310. The summed E-state index contributed by atoms with van der Waals surface area (Å²) in [5.41, 5.74) is 2.90. The highest BCUT2D eigenvalue weighted by Crippen LogP contribution is 2.50. The molecule has 3 fully saturated rings. The summed E-state index contributed by atoms with van der Waals surface area (Å²) in [6, 6.07) is 9.21. The number of aromatic nitrogens is 4. The van der Waals surface area contributed by atoms with E-state index >= 15 is 0 Å². The molecule has 9 nitrogen and oxygen atoms in total. The minimum absolute atomic E-state index is 0.0137. The molecule has 37 heavy (non-hydrogen) atoms. The Labute approximate surface area is 216 Å². The van der Waals surface area contributed by atoms with E-state index in [1.165, 1.54) is 0 Å². The molecule has 1 N–H and O–H groups in total. The van der Waals surface area contributed by atoms with Crippen LogP contribution in [-0.4, -0.2) is 67.8 Å². The van der Waals surface area contributed by atoms with Gasteiger partial charge in [-0.15, -0.1) is 0 Å². The van der Waals surface area contributed by atoms with Crippen molar-refractivity contribution >= 4 is 17.8 Å². The Hall–Kier alpha value is -3.75. The van der Waals surface area contributed by atoms with E-state index in [0.29, 0.717) is 24.2 Å². The molecule has 0 radical (unpaired) electrons. The molecule has 2 saturated heterocycles. The summed E-state index contributed by atoms with van der Waals surface area (Å²) in [6.45, 7) is 5.09. The number of amides is 1. The van der Waals surface area contributed by atoms with Crippen LogP contribution in [0.4, 0.5) is 5.95 Å². The van der Waals surface area contributed by atoms with Crippen molar-refractivity contribution in [3.05, 3.63) is 71.3 Å². The minimum atomic E-state index is -0.921. The first-order valence-corrected chi connectivity index (χ1v) is 13.2. The standard InChI is InChI=1S/C28H32N6O3/c1-28(10-11-28)24-23(17-31-34(24)20-8-15-32(16-9-20)27-29-12-4-13-30-27)25(35)33-14-7-19(18-33)21-5-2-3-6-22(21)26(36)37/h2-6,12-13,17,19-20H,7-11,14-16,18H2,1H3,(H,36,37). The fraction of sp³-hybridized carbons (Fsp3) is 0.464. The van der Waals surface area contributed by atoms with Crippen molar-refractivity contribution in [2.75, 3.05) is 31.1 Å². The average Bonchev–Trinajstić information content (AvgIpc) is 3.33. The Kier molecular flexibility index (Phi) is 5.93. The third-order valence-electron chi connectivity index (χ3n) is 8.35. The molecule has 192 valence electrons. The highest BCUT2D eigenvalue weighted by molar-refractivity contribution is 5.96. The van der Waals surface area contributed by atoms with Gasteiger partial charge in [-0.2, -0.15) is 5.10 Å². The van der Waals surface area contributed by atoms with Crippen LogP contribution < -0.4 is 4.90 Å². The molecule has 0 bridgehead atoms. The molecule has 1 aliphatic carbocycles. The molecule has 3 aliphatic rings. The predicted octanol–water partition coefficient (Wildman–Crippen LogP) is 3.89. The van der Waals surface area contributed by atoms with Crippen molar-refractivity contribution in [3.63, 3.8) is 0 Å². The third kappa shape index (κ3) is 4.36. The molecular weight excluding hydrogens is 468 g/mol. The number of benzene rings is 1. The zero-order valence-corrected chi connectivity index (χ0v) is 21.1. The summed E-state index contributed by atoms with van der Waals surface area (Å²) in [5.74, 6) is -0.120. The highest BCUT2D eigenvalue weighted by Gasteiger charge is 2.46. The number of likely N-dealkylation sites (tertiary alicyclic amines) is 1. The highest BCUT2D eigenvalue weighted by atomic mass is 16.4. The van der Waals surface area contributed by atoms with Crippen LogP contribution in [0.2, 0.25) is 0 Å². The number of nitrogens with zero attached hydrogens (tertiary/aromatic N) is 6. The van der Waals surface area contributed by atoms with Crippen molar-refractivity contribution in [1.29, 1.82) is 0 Å². The lowest BCUT2D eigenvalue weighted by Crippen LogP contribution is -2.37. The summed E-state index contributed by atoms with van der Waals surface area (Å²) in [4.78, 5) is 38.4. The first-order valence-electron chi connectivity index (χ1n) is 13.2. The van der Waals surface area contributed by atoms with Gasteiger partial charge in [-0.1, -0.05) is 25.1 Å². The molecule has 6 rings (SSSR count). The lowest BCUT2D eigenvalue weighted by molar-refractivity contribution is 0.0695. The number of hydrogen-bond donors (Lipinski definition) is 1. The van der Waals surface area contributed by atoms with Crippen molar-refractivity contribution in [2.24, 2.45) is 0 Å². The fourth-order valence-electron chi connectivity index (χ4n) is 6.00. The summed E-state index contributed by atoms with van der Waals surface area (Å²) < 4.78 is 2.14. The molecule has 9 heteroatoms. The molecule has 1 saturated carbocycles. The molecule has 0 spiro atoms. The number of aromatic carboxylic acids is 1. The zero-order valence-electron chi connectivity index (χ0n) is 21.1. The lowest BCUT2D eigenvalue weighted by atomic mass is 9.93. The molecule has 1 unspecified atom stereocenters. The van der Waals surface area contributed by atoms with E-state index in [2.05, 4.69) is 26.5 Å². The molecule has 3 aromatic rings. The van der Waals surface area contributed by atoms with Crippen molar-refractivity contribution in [2.45, 2.75) is 56.4 Å². The number of piperidine rings is 1. The van der Waals surface area contributed by atoms with Gasteiger partial charge >= 0.3 is 5.97 Å². The van der Waals surface area contributed by atoms with Gasteiger partial charge in [0, 0.05) is 49.9 Å². The van der Waals surface area contributed by atoms with Crippen LogP contribution in [0.15, 0.2) is 48.9 Å². The topological polar surface area (TPSA) is 104 Å². The normalized spacial score (nSPS) is 21.3. The van der Waals surface area contributed by atoms with Gasteiger partial charge < -0.3 is 14.9 Å². The Balaban J connectivity index is 1.21. The van der Waals surface area contributed by atoms with Gasteiger partial charge in [0.25, 0.3) is 5.91 Å². The Morgan fingerprint density at radius 1 is 0.973 bits per heavy atom. The van der Waals surface area contributed by atoms with E-state index in [9.17, 15) is 14.7 Å². The molecule has 2 aliphatic heterocycles. The molecular formula is C28H32N6O3. The van der Waals surface area contributed by atoms with Crippen LogP contribution >= 0.6 is 0 Å². The van der Waals surface area contributed by atoms with Crippen LogP contribution in [0, 0.1) is 0 Å². The maximum atomic E-state index is 13.8. The maximum Gasteiger partial charge on any atom is 0.335 e. The first-order chi connectivity index (χ1) is 17.9. The summed E-state index contributed by atoms with van der Waals surface area (Å²) in [6.07, 6.45) is 10.0. The number of carbonyl (C=O) groups is 2. The fourth-order valence-corrected chi connectivity index (χ4v) is 6.00. The number of anilines is 1. The SMILES string of the molecule is CC1(c2c(C(=O)N3CCC(c4ccccc4C(=O)O)C3)cnn2C2CCN(c3ncccn3)CC2)CC1. The zero-order chi connectivity index (χ0) is 25.6. The van der Waals surface area contributed by atoms with Crippen LogP contribution in [0.1, 0.15) is 83.0 Å². The van der Waals surface area contributed by atoms with Gasteiger partial charge in [-0.05, 0) is 49.8 Å². The number of carbonyl (C=O) groups excluding carboxylic acids is 1. The van der Waals surface area contributed by atoms with Crippen molar-refractivity contribution in [3.8, 4) is 0 Å². The number of carboxylic acids is 1. The van der Waals surface area contributed by atoms with Crippen LogP contribution in [0.3, 0.4) is 0 Å². The maximum absolute atomic E-state index is 13.8. The van der Waals surface area contributed by atoms with Gasteiger partial charge in [0.2, 0.25) is 5.95 Å². The molecule has 1 aromatic carbocycles. The van der Waals surface area contributed by atoms with Crippen molar-refractivity contribution in [1.82, 2.24) is 24.6 Å². The number of carboxylic acid groups (broad SMARTS) is 1. The summed E-state index contributed by atoms with van der Waals surface area (Å²) >= 11 is 0. The Morgan fingerprint density at radius 3 is 2.41 bits per heavy atom. The second kappa shape index (κ2) is 9.28. The molecule has 2 aromatic heterocycles. The smallest absolute Gasteiger partial charge is 0.335 e. The van der Waals surface area contributed by atoms with E-state index in [4.69, 9.17) is 5.10 Å². The van der Waals surface area contributed by atoms with E-state index < -0.39 is 5.97 Å². The quantitative estimate of drug-likeness (QED) is 0.547. The molecule has 1 atom stereocenters. The summed E-state index contributed by atoms with van der Waals surface area (Å²) in [7, 11) is 0. The van der Waals surface area contributed by atoms with Crippen LogP contribution in [-0.2, 0) is 5.41 Å². The van der Waals surface area contributed by atoms with Crippen molar-refractivity contribution < 1.29 is 14.7 Å². The van der Waals surface area contributed by atoms with E-state index in [1.807, 2.05) is 23.1 Å². The van der Waals surface area contributed by atoms with Gasteiger partial charge in [-0.3, -0.25) is 9.48 Å². The van der Waals surface area contributed by atoms with E-state index in [0.717, 1.165) is 62.4 Å². The predicted molar refractivity (Wildman–Crippen MR) is 138 cm³/mol. The monoisotopic (exact) mass is 500 g/mol. The average molecular weight is 501 g/mol. The third-order valence-corrected chi connectivity index (χ3v) is 8.35. The molecule has 4 heterocycles. The summed E-state index contributed by atoms with van der Waals surface area (Å²) in [5, 5.41) is 14.4. The van der Waals surface area contributed by atoms with Gasteiger partial charge in [0.05, 0.1) is 29.1 Å². The second-order valence-corrected chi connectivity index (χ2v) is 10.8. The number of rotatable bonds is 6. The lowest BCUT2D eigenvalue weighted by Gasteiger charge is -2.33. The second-order valence-electron chi connectivity index (χ2n) is 10.8. The van der Waals surface area contributed by atoms with Gasteiger partial charge in [-0.25, -0.2) is 14.8 Å². The van der Waals surface area contributed by atoms with Crippen LogP contribution in [0.25, 0.3) is 0 Å².